The van der Waals surface area contributed by atoms with Gasteiger partial charge in [-0.1, -0.05) is 0 Å². The molecule has 0 rings (SSSR count). The van der Waals surface area contributed by atoms with Crippen molar-refractivity contribution in [3.8, 4) is 0 Å². The molecule has 21 heavy (non-hydrogen) atoms. The summed E-state index contributed by atoms with van der Waals surface area (Å²) < 4.78 is 35.5. The van der Waals surface area contributed by atoms with Crippen LogP contribution in [0.15, 0.2) is 0 Å². The molecule has 0 atom stereocenters. The Kier molecular flexibility index (Phi) is 23.5. The zero-order valence-corrected chi connectivity index (χ0v) is 17.5. The molecule has 0 unspecified atom stereocenters. The van der Waals surface area contributed by atoms with Crippen LogP contribution in [0.1, 0.15) is 2.85 Å². The Morgan fingerprint density at radius 2 is 0.381 bits per heavy atom. The summed E-state index contributed by atoms with van der Waals surface area (Å²) in [4.78, 5) is 86.2. The number of hydrogen-bond donors (Lipinski definition) is 12. The Hall–Kier alpha value is 2.01. The summed E-state index contributed by atoms with van der Waals surface area (Å²) in [5.74, 6) is 0. The van der Waals surface area contributed by atoms with Crippen LogP contribution < -0.4 is 0 Å². The molecule has 0 saturated carbocycles. The second-order valence-corrected chi connectivity index (χ2v) is 6.16. The van der Waals surface area contributed by atoms with Crippen LogP contribution in [-0.4, -0.2) is 108 Å². The van der Waals surface area contributed by atoms with E-state index in [0.717, 1.165) is 0 Å². The first-order valence-corrected chi connectivity index (χ1v) is 9.39. The summed E-state index contributed by atoms with van der Waals surface area (Å²) in [5.41, 5.74) is 0. The van der Waals surface area contributed by atoms with Crippen LogP contribution in [-0.2, 0) is 18.3 Å². The van der Waals surface area contributed by atoms with E-state index >= 15 is 0 Å². The van der Waals surface area contributed by atoms with E-state index in [4.69, 9.17) is 77.0 Å². The fraction of sp³-hybridized carbons (Fsp3) is 0. The van der Waals surface area contributed by atoms with Crippen LogP contribution in [0.3, 0.4) is 0 Å². The van der Waals surface area contributed by atoms with Gasteiger partial charge in [-0.05, 0) is 0 Å². The fourth-order valence-electron chi connectivity index (χ4n) is 0. The van der Waals surface area contributed by atoms with Crippen molar-refractivity contribution in [2.24, 2.45) is 0 Å². The third-order valence-corrected chi connectivity index (χ3v) is 0. The summed E-state index contributed by atoms with van der Waals surface area (Å²) in [5, 5.41) is 0. The molecule has 0 aromatic heterocycles. The maximum atomic E-state index is 8.88. The molecule has 0 spiro atoms. The second-order valence-electron chi connectivity index (χ2n) is 2.05. The van der Waals surface area contributed by atoms with Gasteiger partial charge in [0.2, 0.25) is 0 Å². The maximum Gasteiger partial charge on any atom is 2.00 e. The van der Waals surface area contributed by atoms with Gasteiger partial charge in [-0.15, -0.1) is 0 Å². The molecule has 16 nitrogen and oxygen atoms in total. The van der Waals surface area contributed by atoms with E-state index in [1.807, 2.05) is 0 Å². The van der Waals surface area contributed by atoms with Crippen molar-refractivity contribution in [2.75, 3.05) is 0 Å². The van der Waals surface area contributed by atoms with Crippen molar-refractivity contribution in [3.63, 3.8) is 0 Å². The number of rotatable bonds is 0. The van der Waals surface area contributed by atoms with E-state index in [0.29, 0.717) is 0 Å². The van der Waals surface area contributed by atoms with Gasteiger partial charge in [-0.2, -0.15) is 0 Å². The van der Waals surface area contributed by atoms with E-state index in [-0.39, 0.29) is 51.7 Å². The fourth-order valence-corrected chi connectivity index (χ4v) is 0. The van der Waals surface area contributed by atoms with Crippen molar-refractivity contribution >= 4 is 80.2 Å². The minimum absolute atomic E-state index is 0. The Morgan fingerprint density at radius 1 is 0.381 bits per heavy atom. The van der Waals surface area contributed by atoms with E-state index in [9.17, 15) is 0 Å². The summed E-state index contributed by atoms with van der Waals surface area (Å²) >= 11 is 0. The van der Waals surface area contributed by atoms with E-state index in [1.54, 1.807) is 0 Å². The molecule has 0 fully saturated rings. The first-order chi connectivity index (χ1) is 8.00. The predicted octanol–water partition coefficient (Wildman–Crippen LogP) is -3.87. The molecular formula is H14BaO16P4. The average molecular weight is 531 g/mol. The number of phosphoric acid groups is 4. The van der Waals surface area contributed by atoms with Gasteiger partial charge in [-0.3, -0.25) is 0 Å². The smallest absolute Gasteiger partial charge is 1.00 e. The van der Waals surface area contributed by atoms with Gasteiger partial charge in [0.25, 0.3) is 0 Å². The van der Waals surface area contributed by atoms with E-state index in [2.05, 4.69) is 0 Å². The Balaban J connectivity index is -0.0000000284. The zero-order valence-electron chi connectivity index (χ0n) is 11.5. The monoisotopic (exact) mass is 532 g/mol. The van der Waals surface area contributed by atoms with Gasteiger partial charge in [0, 0.05) is 0 Å². The number of hydrogen-bond acceptors (Lipinski definition) is 4. The Labute approximate surface area is 159 Å². The summed E-state index contributed by atoms with van der Waals surface area (Å²) in [6, 6.07) is 0. The van der Waals surface area contributed by atoms with Gasteiger partial charge >= 0.3 is 80.2 Å². The average Bonchev–Trinajstić information content (AvgIpc) is 1.62. The van der Waals surface area contributed by atoms with Gasteiger partial charge < -0.3 is 61.6 Å². The van der Waals surface area contributed by atoms with Crippen LogP contribution in [0.25, 0.3) is 0 Å². The van der Waals surface area contributed by atoms with Gasteiger partial charge in [0.15, 0.2) is 0 Å². The van der Waals surface area contributed by atoms with Crippen molar-refractivity contribution in [1.82, 2.24) is 0 Å². The molecule has 0 aliphatic rings. The predicted molar refractivity (Wildman–Crippen MR) is 65.0 cm³/mol. The van der Waals surface area contributed by atoms with Crippen molar-refractivity contribution in [1.29, 1.82) is 0 Å². The zero-order chi connectivity index (χ0) is 18.0. The molecule has 0 aromatic rings. The molecular weight excluding hydrogens is 517 g/mol. The van der Waals surface area contributed by atoms with Crippen molar-refractivity contribution in [3.05, 3.63) is 0 Å². The Morgan fingerprint density at radius 3 is 0.381 bits per heavy atom. The molecule has 0 aromatic carbocycles. The standard InChI is InChI=1S/Ba.4H3O4P.2H/c;4*1-5(2,3)4;;/h;4*(H3,1,2,3,4);;/q+2;;;;;2*-1. The maximum absolute atomic E-state index is 8.88. The Bertz CT molecular complexity index is 295. The van der Waals surface area contributed by atoms with Crippen LogP contribution in [0.4, 0.5) is 0 Å². The first-order valence-electron chi connectivity index (χ1n) is 3.13. The molecule has 0 radical (unpaired) electrons. The molecule has 0 heterocycles. The molecule has 12 N–H and O–H groups in total. The van der Waals surface area contributed by atoms with Crippen molar-refractivity contribution < 1.29 is 79.8 Å². The molecule has 0 aliphatic heterocycles. The first kappa shape index (κ1) is 34.4. The molecule has 0 saturated heterocycles. The summed E-state index contributed by atoms with van der Waals surface area (Å²) in [6.07, 6.45) is 0. The quantitative estimate of drug-likeness (QED) is 0.105. The molecule has 0 aliphatic carbocycles. The molecule has 132 valence electrons. The van der Waals surface area contributed by atoms with Gasteiger partial charge in [0.05, 0.1) is 0 Å². The van der Waals surface area contributed by atoms with Gasteiger partial charge in [-0.25, -0.2) is 18.3 Å². The van der Waals surface area contributed by atoms with Gasteiger partial charge in [0.1, 0.15) is 0 Å². The minimum Gasteiger partial charge on any atom is -1.00 e. The normalized spacial score (nSPS) is 11.2. The van der Waals surface area contributed by atoms with Crippen molar-refractivity contribution in [2.45, 2.75) is 0 Å². The van der Waals surface area contributed by atoms with Crippen LogP contribution >= 0.6 is 31.3 Å². The third-order valence-electron chi connectivity index (χ3n) is 0. The molecule has 0 bridgehead atoms. The van der Waals surface area contributed by atoms with E-state index < -0.39 is 31.3 Å². The molecule has 21 heteroatoms. The SMILES string of the molecule is O=P(O)(O)O.O=P(O)(O)O.O=P(O)(O)O.O=P(O)(O)O.[Ba+2].[H-].[H-]. The summed E-state index contributed by atoms with van der Waals surface area (Å²) in [7, 11) is -18.6. The molecule has 0 amide bonds. The van der Waals surface area contributed by atoms with Crippen LogP contribution in [0.5, 0.6) is 0 Å². The van der Waals surface area contributed by atoms with Crippen LogP contribution in [0.2, 0.25) is 0 Å². The largest absolute Gasteiger partial charge is 2.00 e. The minimum atomic E-state index is -4.64. The summed E-state index contributed by atoms with van der Waals surface area (Å²) in [6.45, 7) is 0. The van der Waals surface area contributed by atoms with E-state index in [1.165, 1.54) is 0 Å². The van der Waals surface area contributed by atoms with Crippen LogP contribution in [0, 0.1) is 0 Å². The second kappa shape index (κ2) is 14.4. The third kappa shape index (κ3) is 2180. The topological polar surface area (TPSA) is 311 Å².